The molecule has 24 heavy (non-hydrogen) atoms. The molecule has 2 aromatic rings. The quantitative estimate of drug-likeness (QED) is 0.343. The van der Waals surface area contributed by atoms with Gasteiger partial charge in [-0.05, 0) is 61.9 Å². The summed E-state index contributed by atoms with van der Waals surface area (Å²) in [6.07, 6.45) is 4.28. The highest BCUT2D eigenvalue weighted by Crippen LogP contribution is 2.38. The van der Waals surface area contributed by atoms with Gasteiger partial charge in [0.15, 0.2) is 0 Å². The maximum absolute atomic E-state index is 6.51. The van der Waals surface area contributed by atoms with Crippen LogP contribution in [0.4, 0.5) is 0 Å². The van der Waals surface area contributed by atoms with E-state index in [1.54, 1.807) is 6.20 Å². The average Bonchev–Trinajstić information content (AvgIpc) is 3.04. The molecule has 0 bridgehead atoms. The van der Waals surface area contributed by atoms with Crippen LogP contribution in [0.2, 0.25) is 10.0 Å². The minimum absolute atomic E-state index is 0.422. The number of nitrogens with zero attached hydrogens (tertiary/aromatic N) is 2. The van der Waals surface area contributed by atoms with Gasteiger partial charge in [-0.15, -0.1) is 0 Å². The predicted molar refractivity (Wildman–Crippen MR) is 111 cm³/mol. The summed E-state index contributed by atoms with van der Waals surface area (Å²) in [4.78, 5) is 0. The number of benzene rings is 1. The summed E-state index contributed by atoms with van der Waals surface area (Å²) in [6.45, 7) is 8.04. The average molecular weight is 497 g/mol. The van der Waals surface area contributed by atoms with E-state index in [0.717, 1.165) is 16.6 Å². The predicted octanol–water partition coefficient (Wildman–Crippen LogP) is 4.95. The lowest BCUT2D eigenvalue weighted by Gasteiger charge is -2.32. The second-order valence-corrected chi connectivity index (χ2v) is 9.59. The van der Waals surface area contributed by atoms with Crippen LogP contribution in [0.3, 0.4) is 0 Å². The third-order valence-electron chi connectivity index (χ3n) is 4.57. The van der Waals surface area contributed by atoms with Gasteiger partial charge in [0, 0.05) is 32.8 Å². The van der Waals surface area contributed by atoms with Gasteiger partial charge in [0.25, 0.3) is 0 Å². The number of aromatic nitrogens is 2. The molecule has 4 nitrogen and oxygen atoms in total. The lowest BCUT2D eigenvalue weighted by atomic mass is 9.78. The number of hydrogen-bond acceptors (Lipinski definition) is 3. The van der Waals surface area contributed by atoms with Crippen LogP contribution in [0.5, 0.6) is 0 Å². The Labute approximate surface area is 167 Å². The zero-order valence-electron chi connectivity index (χ0n) is 13.7. The zero-order chi connectivity index (χ0) is 17.7. The third kappa shape index (κ3) is 3.38. The highest BCUT2D eigenvalue weighted by Gasteiger charge is 2.52. The van der Waals surface area contributed by atoms with Crippen LogP contribution >= 0.6 is 51.6 Å². The van der Waals surface area contributed by atoms with E-state index in [4.69, 9.17) is 32.5 Å². The van der Waals surface area contributed by atoms with Crippen molar-refractivity contribution < 1.29 is 9.31 Å². The molecular weight excluding hydrogens is 480 g/mol. The van der Waals surface area contributed by atoms with Gasteiger partial charge in [-0.2, -0.15) is 5.10 Å². The van der Waals surface area contributed by atoms with Gasteiger partial charge in [-0.3, -0.25) is 0 Å². The van der Waals surface area contributed by atoms with Gasteiger partial charge < -0.3 is 9.31 Å². The number of halogens is 3. The summed E-state index contributed by atoms with van der Waals surface area (Å²) in [7, 11) is -0.535. The van der Waals surface area contributed by atoms with Crippen molar-refractivity contribution in [3.63, 3.8) is 0 Å². The summed E-state index contributed by atoms with van der Waals surface area (Å²) in [5.74, 6) is 0. The van der Waals surface area contributed by atoms with Crippen LogP contribution in [-0.4, -0.2) is 27.9 Å². The Hall–Kier alpha value is 0.155. The minimum atomic E-state index is -0.535. The molecule has 0 radical (unpaired) electrons. The molecule has 0 saturated carbocycles. The normalized spacial score (nSPS) is 19.5. The first-order valence-corrected chi connectivity index (χ1v) is 12.2. The Balaban J connectivity index is 1.97. The van der Waals surface area contributed by atoms with E-state index in [1.165, 1.54) is 0 Å². The molecule has 0 N–H and O–H groups in total. The molecule has 1 aliphatic rings. The first-order chi connectivity index (χ1) is 11.1. The van der Waals surface area contributed by atoms with Crippen LogP contribution in [0.25, 0.3) is 11.1 Å². The van der Waals surface area contributed by atoms with E-state index < -0.39 is 18.3 Å². The van der Waals surface area contributed by atoms with Crippen molar-refractivity contribution in [1.29, 1.82) is 0 Å². The first kappa shape index (κ1) is 18.9. The standard InChI is InChI=1S/C15H17BCl2IN2O2P/c1-14(2)15(3,4)23-16(22-14)11-6-12(17)10(5-13(11)18)9-7-20-21(8-9)24-19/h5-8,24H,1-4H3. The van der Waals surface area contributed by atoms with Crippen LogP contribution in [0.15, 0.2) is 24.5 Å². The van der Waals surface area contributed by atoms with Crippen LogP contribution in [0, 0.1) is 0 Å². The van der Waals surface area contributed by atoms with Gasteiger partial charge in [0.2, 0.25) is 0 Å². The molecule has 1 atom stereocenters. The second kappa shape index (κ2) is 6.71. The van der Waals surface area contributed by atoms with Gasteiger partial charge in [0.05, 0.1) is 23.8 Å². The molecule has 0 spiro atoms. The van der Waals surface area contributed by atoms with Crippen molar-refractivity contribution in [3.8, 4) is 11.1 Å². The Morgan fingerprint density at radius 3 is 2.29 bits per heavy atom. The highest BCUT2D eigenvalue weighted by molar-refractivity contribution is 14.2. The number of hydrogen-bond donors (Lipinski definition) is 0. The van der Waals surface area contributed by atoms with Gasteiger partial charge in [-0.25, -0.2) is 4.45 Å². The Kier molecular flexibility index (Phi) is 5.29. The van der Waals surface area contributed by atoms with Crippen molar-refractivity contribution in [3.05, 3.63) is 34.6 Å². The first-order valence-electron chi connectivity index (χ1n) is 7.41. The lowest BCUT2D eigenvalue weighted by Crippen LogP contribution is -2.41. The van der Waals surface area contributed by atoms with Gasteiger partial charge in [-0.1, -0.05) is 23.2 Å². The third-order valence-corrected chi connectivity index (χ3v) is 7.11. The Morgan fingerprint density at radius 2 is 1.75 bits per heavy atom. The molecule has 1 unspecified atom stereocenters. The van der Waals surface area contributed by atoms with Crippen molar-refractivity contribution >= 4 is 64.2 Å². The molecular formula is C15H17BCl2IN2O2P. The van der Waals surface area contributed by atoms with E-state index >= 15 is 0 Å². The molecule has 0 amide bonds. The van der Waals surface area contributed by atoms with E-state index in [1.807, 2.05) is 50.5 Å². The molecule has 9 heteroatoms. The molecule has 1 aliphatic heterocycles. The molecule has 2 heterocycles. The molecule has 128 valence electrons. The highest BCUT2D eigenvalue weighted by atomic mass is 127. The Bertz CT molecular complexity index is 769. The maximum atomic E-state index is 6.51. The van der Waals surface area contributed by atoms with E-state index in [0.29, 0.717) is 16.4 Å². The van der Waals surface area contributed by atoms with E-state index in [9.17, 15) is 0 Å². The van der Waals surface area contributed by atoms with Gasteiger partial charge in [0.1, 0.15) is 0 Å². The monoisotopic (exact) mass is 496 g/mol. The SMILES string of the molecule is CC1(C)OB(c2cc(Cl)c(-c3cnn(PI)c3)cc2Cl)OC1(C)C. The maximum Gasteiger partial charge on any atom is 0.496 e. The summed E-state index contributed by atoms with van der Waals surface area (Å²) in [5, 5.41) is 5.46. The number of rotatable bonds is 3. The molecule has 1 saturated heterocycles. The summed E-state index contributed by atoms with van der Waals surface area (Å²) in [5.41, 5.74) is 1.68. The summed E-state index contributed by atoms with van der Waals surface area (Å²) in [6, 6.07) is 3.67. The van der Waals surface area contributed by atoms with Crippen molar-refractivity contribution in [2.24, 2.45) is 0 Å². The molecule has 3 rings (SSSR count). The molecule has 0 aliphatic carbocycles. The van der Waals surface area contributed by atoms with E-state index in [-0.39, 0.29) is 0 Å². The second-order valence-electron chi connectivity index (χ2n) is 6.70. The fraction of sp³-hybridized carbons (Fsp3) is 0.400. The van der Waals surface area contributed by atoms with Crippen molar-refractivity contribution in [2.75, 3.05) is 0 Å². The molecule has 1 aromatic heterocycles. The topological polar surface area (TPSA) is 36.3 Å². The molecule has 1 fully saturated rings. The van der Waals surface area contributed by atoms with Crippen LogP contribution < -0.4 is 5.46 Å². The lowest BCUT2D eigenvalue weighted by molar-refractivity contribution is 0.00578. The summed E-state index contributed by atoms with van der Waals surface area (Å²) >= 11 is 15.3. The van der Waals surface area contributed by atoms with Crippen molar-refractivity contribution in [2.45, 2.75) is 38.9 Å². The fourth-order valence-corrected chi connectivity index (χ4v) is 4.06. The fourth-order valence-electron chi connectivity index (χ4n) is 2.44. The van der Waals surface area contributed by atoms with Crippen LogP contribution in [0.1, 0.15) is 27.7 Å². The zero-order valence-corrected chi connectivity index (χ0v) is 18.4. The minimum Gasteiger partial charge on any atom is -0.399 e. The van der Waals surface area contributed by atoms with E-state index in [2.05, 4.69) is 27.1 Å². The Morgan fingerprint density at radius 1 is 1.12 bits per heavy atom. The molecule has 1 aromatic carbocycles. The van der Waals surface area contributed by atoms with Gasteiger partial charge >= 0.3 is 7.12 Å². The summed E-state index contributed by atoms with van der Waals surface area (Å²) < 4.78 is 14.0. The smallest absolute Gasteiger partial charge is 0.399 e. The largest absolute Gasteiger partial charge is 0.496 e. The van der Waals surface area contributed by atoms with Crippen LogP contribution in [-0.2, 0) is 9.31 Å². The van der Waals surface area contributed by atoms with Crippen molar-refractivity contribution in [1.82, 2.24) is 9.55 Å².